The highest BCUT2D eigenvalue weighted by Gasteiger charge is 2.18. The van der Waals surface area contributed by atoms with Crippen LogP contribution < -0.4 is 5.32 Å². The molecule has 2 N–H and O–H groups in total. The molecule has 6 nitrogen and oxygen atoms in total. The topological polar surface area (TPSA) is 80.0 Å². The minimum Gasteiger partial charge on any atom is -0.478 e. The molecule has 1 aromatic heterocycles. The first-order valence-corrected chi connectivity index (χ1v) is 8.13. The number of hydrogen-bond donors (Lipinski definition) is 2. The second-order valence-electron chi connectivity index (χ2n) is 6.04. The molecule has 6 heteroatoms. The number of benzene rings is 1. The summed E-state index contributed by atoms with van der Waals surface area (Å²) in [5.74, 6) is 1.19. The summed E-state index contributed by atoms with van der Waals surface area (Å²) in [6, 6.07) is 7.05. The van der Waals surface area contributed by atoms with Gasteiger partial charge in [0.15, 0.2) is 0 Å². The molecule has 1 aliphatic heterocycles. The van der Waals surface area contributed by atoms with E-state index in [0.29, 0.717) is 12.1 Å². The molecule has 1 atom stereocenters. The Bertz CT molecular complexity index is 678. The molecule has 23 heavy (non-hydrogen) atoms. The molecule has 0 saturated heterocycles. The predicted molar refractivity (Wildman–Crippen MR) is 86.2 cm³/mol. The van der Waals surface area contributed by atoms with E-state index >= 15 is 0 Å². The van der Waals surface area contributed by atoms with Gasteiger partial charge in [-0.25, -0.2) is 4.79 Å². The van der Waals surface area contributed by atoms with Crippen molar-refractivity contribution in [2.45, 2.75) is 51.7 Å². The third-order valence-electron chi connectivity index (χ3n) is 4.34. The Morgan fingerprint density at radius 2 is 2.04 bits per heavy atom. The summed E-state index contributed by atoms with van der Waals surface area (Å²) in [6.45, 7) is 3.76. The van der Waals surface area contributed by atoms with Gasteiger partial charge in [0, 0.05) is 19.5 Å². The van der Waals surface area contributed by atoms with Gasteiger partial charge in [0.2, 0.25) is 0 Å². The van der Waals surface area contributed by atoms with Gasteiger partial charge >= 0.3 is 5.97 Å². The van der Waals surface area contributed by atoms with E-state index in [-0.39, 0.29) is 6.04 Å². The van der Waals surface area contributed by atoms with Crippen molar-refractivity contribution in [3.63, 3.8) is 0 Å². The van der Waals surface area contributed by atoms with Crippen LogP contribution in [0.1, 0.15) is 59.8 Å². The van der Waals surface area contributed by atoms with Gasteiger partial charge in [-0.05, 0) is 37.5 Å². The highest BCUT2D eigenvalue weighted by Crippen LogP contribution is 2.19. The van der Waals surface area contributed by atoms with Crippen molar-refractivity contribution in [1.82, 2.24) is 20.1 Å². The molecule has 0 spiro atoms. The summed E-state index contributed by atoms with van der Waals surface area (Å²) in [5.41, 5.74) is 1.36. The molecular weight excluding hydrogens is 292 g/mol. The fourth-order valence-electron chi connectivity index (χ4n) is 2.96. The van der Waals surface area contributed by atoms with Crippen molar-refractivity contribution in [3.8, 4) is 0 Å². The van der Waals surface area contributed by atoms with Crippen LogP contribution in [0.25, 0.3) is 0 Å². The minimum absolute atomic E-state index is 0.105. The third kappa shape index (κ3) is 3.59. The van der Waals surface area contributed by atoms with Gasteiger partial charge in [-0.2, -0.15) is 0 Å². The van der Waals surface area contributed by atoms with Crippen LogP contribution in [0.15, 0.2) is 24.3 Å². The fraction of sp³-hybridized carbons (Fsp3) is 0.471. The average molecular weight is 314 g/mol. The number of hydrogen-bond acceptors (Lipinski definition) is 4. The lowest BCUT2D eigenvalue weighted by Crippen LogP contribution is -2.22. The molecule has 2 aromatic rings. The molecule has 1 aromatic carbocycles. The molecule has 1 unspecified atom stereocenters. The largest absolute Gasteiger partial charge is 0.478 e. The number of nitrogens with zero attached hydrogens (tertiary/aromatic N) is 3. The van der Waals surface area contributed by atoms with E-state index in [1.54, 1.807) is 12.1 Å². The quantitative estimate of drug-likeness (QED) is 0.886. The number of fused-ring (bicyclic) bond motifs is 1. The summed E-state index contributed by atoms with van der Waals surface area (Å²) < 4.78 is 2.25. The molecule has 1 aliphatic rings. The summed E-state index contributed by atoms with van der Waals surface area (Å²) in [5, 5.41) is 21.1. The second-order valence-corrected chi connectivity index (χ2v) is 6.04. The first-order chi connectivity index (χ1) is 11.1. The van der Waals surface area contributed by atoms with Gasteiger partial charge in [0.05, 0.1) is 11.6 Å². The number of aryl methyl sites for hydroxylation is 1. The van der Waals surface area contributed by atoms with E-state index in [9.17, 15) is 4.79 Å². The fourth-order valence-corrected chi connectivity index (χ4v) is 2.96. The van der Waals surface area contributed by atoms with Gasteiger partial charge in [-0.3, -0.25) is 0 Å². The van der Waals surface area contributed by atoms with Crippen LogP contribution in [0.5, 0.6) is 0 Å². The van der Waals surface area contributed by atoms with Crippen molar-refractivity contribution in [2.24, 2.45) is 0 Å². The number of nitrogens with one attached hydrogen (secondary N) is 1. The van der Waals surface area contributed by atoms with E-state index in [1.807, 2.05) is 12.1 Å². The molecule has 0 saturated carbocycles. The Kier molecular flexibility index (Phi) is 4.71. The molecular formula is C17H22N4O2. The maximum absolute atomic E-state index is 10.9. The maximum Gasteiger partial charge on any atom is 0.335 e. The van der Waals surface area contributed by atoms with Crippen LogP contribution in [0.2, 0.25) is 0 Å². The van der Waals surface area contributed by atoms with Crippen molar-refractivity contribution in [1.29, 1.82) is 0 Å². The van der Waals surface area contributed by atoms with E-state index in [0.717, 1.165) is 30.2 Å². The Morgan fingerprint density at radius 3 is 2.78 bits per heavy atom. The zero-order valence-corrected chi connectivity index (χ0v) is 13.3. The van der Waals surface area contributed by atoms with Crippen LogP contribution in [-0.4, -0.2) is 25.8 Å². The number of aromatic carboxylic acids is 1. The van der Waals surface area contributed by atoms with Crippen LogP contribution in [-0.2, 0) is 19.5 Å². The van der Waals surface area contributed by atoms with E-state index < -0.39 is 5.97 Å². The minimum atomic E-state index is -0.899. The highest BCUT2D eigenvalue weighted by atomic mass is 16.4. The van der Waals surface area contributed by atoms with Crippen molar-refractivity contribution in [3.05, 3.63) is 47.0 Å². The average Bonchev–Trinajstić information content (AvgIpc) is 2.81. The Labute approximate surface area is 135 Å². The Hall–Kier alpha value is -2.21. The van der Waals surface area contributed by atoms with Crippen molar-refractivity contribution < 1.29 is 9.90 Å². The molecule has 2 heterocycles. The summed E-state index contributed by atoms with van der Waals surface area (Å²) in [4.78, 5) is 10.9. The lowest BCUT2D eigenvalue weighted by molar-refractivity contribution is 0.0697. The molecule has 0 radical (unpaired) electrons. The standard InChI is InChI=1S/C17H22N4O2/c1-12(16-20-19-15-5-3-2-4-10-21(15)16)18-11-13-6-8-14(9-7-13)17(22)23/h6-9,12,18H,2-5,10-11H2,1H3,(H,22,23). The summed E-state index contributed by atoms with van der Waals surface area (Å²) >= 11 is 0. The number of carboxylic acids is 1. The molecule has 0 bridgehead atoms. The molecule has 0 aliphatic carbocycles. The second kappa shape index (κ2) is 6.91. The first-order valence-electron chi connectivity index (χ1n) is 8.13. The molecule has 0 fully saturated rings. The van der Waals surface area contributed by atoms with Crippen LogP contribution in [0, 0.1) is 0 Å². The van der Waals surface area contributed by atoms with Gasteiger partial charge in [0.25, 0.3) is 0 Å². The molecule has 3 rings (SSSR count). The van der Waals surface area contributed by atoms with E-state index in [4.69, 9.17) is 5.11 Å². The highest BCUT2D eigenvalue weighted by molar-refractivity contribution is 5.87. The van der Waals surface area contributed by atoms with Gasteiger partial charge in [0.1, 0.15) is 11.6 Å². The van der Waals surface area contributed by atoms with Gasteiger partial charge in [-0.1, -0.05) is 18.6 Å². The number of carboxylic acid groups (broad SMARTS) is 1. The third-order valence-corrected chi connectivity index (χ3v) is 4.34. The van der Waals surface area contributed by atoms with Crippen LogP contribution in [0.3, 0.4) is 0 Å². The predicted octanol–water partition coefficient (Wildman–Crippen LogP) is 2.55. The number of rotatable bonds is 5. The van der Waals surface area contributed by atoms with Gasteiger partial charge in [-0.15, -0.1) is 10.2 Å². The normalized spacial score (nSPS) is 15.7. The smallest absolute Gasteiger partial charge is 0.335 e. The zero-order chi connectivity index (χ0) is 16.2. The van der Waals surface area contributed by atoms with E-state index in [1.165, 1.54) is 19.3 Å². The van der Waals surface area contributed by atoms with Crippen molar-refractivity contribution in [2.75, 3.05) is 0 Å². The maximum atomic E-state index is 10.9. The van der Waals surface area contributed by atoms with Gasteiger partial charge < -0.3 is 15.0 Å². The first kappa shape index (κ1) is 15.7. The SMILES string of the molecule is CC(NCc1ccc(C(=O)O)cc1)c1nnc2n1CCCCC2. The summed E-state index contributed by atoms with van der Waals surface area (Å²) in [6.07, 6.45) is 4.63. The number of aromatic nitrogens is 3. The molecule has 122 valence electrons. The lowest BCUT2D eigenvalue weighted by atomic mass is 10.1. The number of carbonyl (C=O) groups is 1. The summed E-state index contributed by atoms with van der Waals surface area (Å²) in [7, 11) is 0. The van der Waals surface area contributed by atoms with E-state index in [2.05, 4.69) is 27.0 Å². The Balaban J connectivity index is 1.64. The Morgan fingerprint density at radius 1 is 1.26 bits per heavy atom. The van der Waals surface area contributed by atoms with Crippen LogP contribution >= 0.6 is 0 Å². The monoisotopic (exact) mass is 314 g/mol. The van der Waals surface area contributed by atoms with Crippen molar-refractivity contribution >= 4 is 5.97 Å². The lowest BCUT2D eigenvalue weighted by Gasteiger charge is -2.15. The zero-order valence-electron chi connectivity index (χ0n) is 13.3. The van der Waals surface area contributed by atoms with Crippen LogP contribution in [0.4, 0.5) is 0 Å². The molecule has 0 amide bonds.